The lowest BCUT2D eigenvalue weighted by Gasteiger charge is -2.26. The van der Waals surface area contributed by atoms with Crippen LogP contribution >= 0.6 is 0 Å². The second kappa shape index (κ2) is 9.30. The third-order valence-corrected chi connectivity index (χ3v) is 5.16. The Labute approximate surface area is 179 Å². The van der Waals surface area contributed by atoms with E-state index in [1.54, 1.807) is 24.3 Å². The van der Waals surface area contributed by atoms with Crippen LogP contribution in [-0.2, 0) is 16.0 Å². The van der Waals surface area contributed by atoms with Crippen molar-refractivity contribution in [2.75, 3.05) is 11.9 Å². The van der Waals surface area contributed by atoms with Crippen molar-refractivity contribution in [1.29, 1.82) is 0 Å². The Morgan fingerprint density at radius 2 is 1.81 bits per heavy atom. The van der Waals surface area contributed by atoms with Gasteiger partial charge in [-0.15, -0.1) is 0 Å². The topological polar surface area (TPSA) is 97.6 Å². The summed E-state index contributed by atoms with van der Waals surface area (Å²) in [6.45, 7) is -0.353. The van der Waals surface area contributed by atoms with Crippen LogP contribution in [0.1, 0.15) is 50.9 Å². The van der Waals surface area contributed by atoms with Crippen molar-refractivity contribution in [3.05, 3.63) is 89.4 Å². The van der Waals surface area contributed by atoms with Crippen LogP contribution in [0.4, 0.5) is 5.69 Å². The van der Waals surface area contributed by atoms with E-state index in [2.05, 4.69) is 16.7 Å². The molecule has 7 nitrogen and oxygen atoms in total. The monoisotopic (exact) mass is 418 g/mol. The molecular weight excluding hydrogens is 396 g/mol. The minimum Gasteiger partial charge on any atom is -0.459 e. The van der Waals surface area contributed by atoms with Crippen molar-refractivity contribution in [3.8, 4) is 0 Å². The van der Waals surface area contributed by atoms with Gasteiger partial charge in [-0.3, -0.25) is 9.59 Å². The normalized spacial score (nSPS) is 14.9. The van der Waals surface area contributed by atoms with Gasteiger partial charge in [-0.2, -0.15) is 0 Å². The fourth-order valence-corrected chi connectivity index (χ4v) is 3.64. The lowest BCUT2D eigenvalue weighted by Crippen LogP contribution is -2.34. The first kappa shape index (κ1) is 20.4. The molecule has 2 aromatic carbocycles. The molecule has 1 aliphatic rings. The van der Waals surface area contributed by atoms with Gasteiger partial charge in [-0.25, -0.2) is 4.79 Å². The van der Waals surface area contributed by atoms with Crippen molar-refractivity contribution in [3.63, 3.8) is 0 Å². The number of carbonyl (C=O) groups is 3. The smallest absolute Gasteiger partial charge is 0.338 e. The molecule has 2 amide bonds. The maximum absolute atomic E-state index is 12.3. The van der Waals surface area contributed by atoms with Crippen molar-refractivity contribution in [1.82, 2.24) is 5.32 Å². The first-order chi connectivity index (χ1) is 15.1. The molecule has 0 unspecified atom stereocenters. The number of hydrogen-bond acceptors (Lipinski definition) is 5. The Bertz CT molecular complexity index is 1070. The van der Waals surface area contributed by atoms with Crippen LogP contribution in [0.5, 0.6) is 0 Å². The van der Waals surface area contributed by atoms with Crippen LogP contribution < -0.4 is 10.6 Å². The summed E-state index contributed by atoms with van der Waals surface area (Å²) in [5, 5.41) is 5.62. The van der Waals surface area contributed by atoms with E-state index in [0.717, 1.165) is 24.8 Å². The number of carbonyl (C=O) groups excluding carboxylic acids is 3. The molecule has 3 aromatic rings. The number of furan rings is 1. The Kier molecular flexibility index (Phi) is 6.12. The van der Waals surface area contributed by atoms with Gasteiger partial charge in [0.15, 0.2) is 12.4 Å². The summed E-state index contributed by atoms with van der Waals surface area (Å²) in [6.07, 6.45) is 4.29. The molecule has 0 saturated carbocycles. The molecule has 4 rings (SSSR count). The summed E-state index contributed by atoms with van der Waals surface area (Å²) in [7, 11) is 0. The van der Waals surface area contributed by atoms with Gasteiger partial charge in [0.25, 0.3) is 11.8 Å². The molecule has 2 N–H and O–H groups in total. The number of hydrogen-bond donors (Lipinski definition) is 2. The Hall–Kier alpha value is -3.87. The predicted molar refractivity (Wildman–Crippen MR) is 114 cm³/mol. The van der Waals surface area contributed by atoms with Crippen LogP contribution in [0.15, 0.2) is 71.3 Å². The second-order valence-corrected chi connectivity index (χ2v) is 7.30. The maximum Gasteiger partial charge on any atom is 0.338 e. The third-order valence-electron chi connectivity index (χ3n) is 5.16. The minimum atomic E-state index is -0.608. The Morgan fingerprint density at radius 1 is 1.00 bits per heavy atom. The minimum absolute atomic E-state index is 0.0618. The number of aryl methyl sites for hydroxylation is 1. The Morgan fingerprint density at radius 3 is 2.58 bits per heavy atom. The van der Waals surface area contributed by atoms with Gasteiger partial charge in [-0.05, 0) is 66.8 Å². The average molecular weight is 418 g/mol. The quantitative estimate of drug-likeness (QED) is 0.592. The highest BCUT2D eigenvalue weighted by Crippen LogP contribution is 2.29. The number of esters is 1. The van der Waals surface area contributed by atoms with Crippen molar-refractivity contribution < 1.29 is 23.5 Å². The van der Waals surface area contributed by atoms with E-state index in [-0.39, 0.29) is 35.8 Å². The number of amides is 2. The maximum atomic E-state index is 12.3. The summed E-state index contributed by atoms with van der Waals surface area (Å²) in [5.74, 6) is -1.14. The van der Waals surface area contributed by atoms with Gasteiger partial charge in [0.05, 0.1) is 17.9 Å². The van der Waals surface area contributed by atoms with Crippen LogP contribution in [0.25, 0.3) is 0 Å². The van der Waals surface area contributed by atoms with E-state index in [9.17, 15) is 14.4 Å². The first-order valence-electron chi connectivity index (χ1n) is 10.1. The summed E-state index contributed by atoms with van der Waals surface area (Å²) in [6, 6.07) is 17.4. The van der Waals surface area contributed by atoms with Crippen LogP contribution in [0.3, 0.4) is 0 Å². The number of fused-ring (bicyclic) bond motifs is 1. The molecule has 0 aliphatic heterocycles. The fraction of sp³-hybridized carbons (Fsp3) is 0.208. The number of ether oxygens (including phenoxy) is 1. The van der Waals surface area contributed by atoms with Gasteiger partial charge in [0.1, 0.15) is 0 Å². The SMILES string of the molecule is O=C(COC(=O)c1ccc(NC(=O)c2ccco2)cc1)N[C@@H]1CCCc2ccccc21. The standard InChI is InChI=1S/C24H22N2O5/c27-22(26-20-8-3-6-16-5-1-2-7-19(16)20)15-31-24(29)17-10-12-18(13-11-17)25-23(28)21-9-4-14-30-21/h1-2,4-5,7,9-14,20H,3,6,8,15H2,(H,25,28)(H,26,27)/t20-/m1/s1. The molecule has 1 aromatic heterocycles. The molecule has 0 radical (unpaired) electrons. The zero-order valence-corrected chi connectivity index (χ0v) is 16.8. The van der Waals surface area contributed by atoms with E-state index in [4.69, 9.17) is 9.15 Å². The molecule has 0 saturated heterocycles. The third kappa shape index (κ3) is 5.01. The van der Waals surface area contributed by atoms with E-state index in [1.165, 1.54) is 24.0 Å². The van der Waals surface area contributed by atoms with Crippen molar-refractivity contribution in [2.45, 2.75) is 25.3 Å². The molecule has 158 valence electrons. The Balaban J connectivity index is 1.28. The van der Waals surface area contributed by atoms with Gasteiger partial charge in [-0.1, -0.05) is 24.3 Å². The van der Waals surface area contributed by atoms with E-state index in [1.807, 2.05) is 18.2 Å². The number of anilines is 1. The number of benzene rings is 2. The summed E-state index contributed by atoms with van der Waals surface area (Å²) >= 11 is 0. The van der Waals surface area contributed by atoms with Gasteiger partial charge in [0, 0.05) is 5.69 Å². The first-order valence-corrected chi connectivity index (χ1v) is 10.1. The van der Waals surface area contributed by atoms with E-state index in [0.29, 0.717) is 5.69 Å². The number of rotatable bonds is 6. The zero-order chi connectivity index (χ0) is 21.6. The van der Waals surface area contributed by atoms with Crippen molar-refractivity contribution in [2.24, 2.45) is 0 Å². The summed E-state index contributed by atoms with van der Waals surface area (Å²) < 4.78 is 10.2. The molecule has 1 heterocycles. The largest absolute Gasteiger partial charge is 0.459 e. The van der Waals surface area contributed by atoms with Crippen LogP contribution in [0, 0.1) is 0 Å². The molecule has 1 atom stereocenters. The number of nitrogens with one attached hydrogen (secondary N) is 2. The molecular formula is C24H22N2O5. The highest BCUT2D eigenvalue weighted by Gasteiger charge is 2.22. The molecule has 7 heteroatoms. The molecule has 0 fully saturated rings. The fourth-order valence-electron chi connectivity index (χ4n) is 3.64. The molecule has 0 spiro atoms. The summed E-state index contributed by atoms with van der Waals surface area (Å²) in [4.78, 5) is 36.5. The van der Waals surface area contributed by atoms with E-state index < -0.39 is 5.97 Å². The van der Waals surface area contributed by atoms with Gasteiger partial charge in [0.2, 0.25) is 0 Å². The zero-order valence-electron chi connectivity index (χ0n) is 16.8. The van der Waals surface area contributed by atoms with Crippen molar-refractivity contribution >= 4 is 23.5 Å². The molecule has 1 aliphatic carbocycles. The van der Waals surface area contributed by atoms with E-state index >= 15 is 0 Å². The van der Waals surface area contributed by atoms with Crippen LogP contribution in [-0.4, -0.2) is 24.4 Å². The lowest BCUT2D eigenvalue weighted by atomic mass is 9.88. The molecule has 31 heavy (non-hydrogen) atoms. The molecule has 0 bridgehead atoms. The summed E-state index contributed by atoms with van der Waals surface area (Å²) in [5.41, 5.74) is 3.16. The second-order valence-electron chi connectivity index (χ2n) is 7.30. The highest BCUT2D eigenvalue weighted by atomic mass is 16.5. The lowest BCUT2D eigenvalue weighted by molar-refractivity contribution is -0.125. The average Bonchev–Trinajstić information content (AvgIpc) is 3.33. The van der Waals surface area contributed by atoms with Crippen LogP contribution in [0.2, 0.25) is 0 Å². The van der Waals surface area contributed by atoms with Gasteiger partial charge >= 0.3 is 5.97 Å². The highest BCUT2D eigenvalue weighted by molar-refractivity contribution is 6.02. The van der Waals surface area contributed by atoms with Gasteiger partial charge < -0.3 is 19.8 Å². The predicted octanol–water partition coefficient (Wildman–Crippen LogP) is 3.88.